The second kappa shape index (κ2) is 7.47. The first-order chi connectivity index (χ1) is 13.9. The first-order valence-electron chi connectivity index (χ1n) is 9.08. The van der Waals surface area contributed by atoms with Gasteiger partial charge >= 0.3 is 11.6 Å². The Hall–Kier alpha value is -3.53. The molecule has 3 aromatic rings. The smallest absolute Gasteiger partial charge is 0.373 e. The Kier molecular flexibility index (Phi) is 4.85. The molecule has 2 aromatic heterocycles. The van der Waals surface area contributed by atoms with Crippen molar-refractivity contribution in [3.8, 4) is 11.6 Å². The summed E-state index contributed by atoms with van der Waals surface area (Å²) in [5, 5.41) is 12.5. The van der Waals surface area contributed by atoms with E-state index in [1.807, 2.05) is 11.9 Å². The van der Waals surface area contributed by atoms with E-state index in [1.54, 1.807) is 24.3 Å². The Morgan fingerprint density at radius 1 is 1.24 bits per heavy atom. The summed E-state index contributed by atoms with van der Waals surface area (Å²) in [4.78, 5) is 35.1. The molecule has 1 saturated heterocycles. The van der Waals surface area contributed by atoms with Gasteiger partial charge in [-0.05, 0) is 19.2 Å². The average Bonchev–Trinajstić information content (AvgIpc) is 3.14. The maximum Gasteiger partial charge on any atom is 0.373 e. The molecule has 0 spiro atoms. The SMILES string of the molecule is CC(=O)c1cc2cccc(Oc3ncnc(N4CCN(C)CC4)c3[N+](=O)[O-])c2o1. The first-order valence-corrected chi connectivity index (χ1v) is 9.08. The van der Waals surface area contributed by atoms with Crippen LogP contribution < -0.4 is 9.64 Å². The van der Waals surface area contributed by atoms with Crippen LogP contribution in [0.3, 0.4) is 0 Å². The number of ketones is 1. The zero-order chi connectivity index (χ0) is 20.5. The maximum absolute atomic E-state index is 11.8. The third-order valence-electron chi connectivity index (χ3n) is 4.82. The van der Waals surface area contributed by atoms with Gasteiger partial charge in [0.1, 0.15) is 6.33 Å². The van der Waals surface area contributed by atoms with E-state index < -0.39 is 4.92 Å². The molecule has 0 radical (unpaired) electrons. The second-order valence-corrected chi connectivity index (χ2v) is 6.84. The van der Waals surface area contributed by atoms with Gasteiger partial charge in [-0.2, -0.15) is 4.98 Å². The van der Waals surface area contributed by atoms with Crippen LogP contribution >= 0.6 is 0 Å². The van der Waals surface area contributed by atoms with Crippen molar-refractivity contribution in [2.24, 2.45) is 0 Å². The van der Waals surface area contributed by atoms with Gasteiger partial charge in [0, 0.05) is 38.5 Å². The minimum atomic E-state index is -0.535. The molecule has 4 rings (SSSR count). The molecule has 0 amide bonds. The van der Waals surface area contributed by atoms with Gasteiger partial charge in [-0.1, -0.05) is 12.1 Å². The van der Waals surface area contributed by atoms with Crippen LogP contribution in [0.25, 0.3) is 11.0 Å². The molecule has 0 N–H and O–H groups in total. The van der Waals surface area contributed by atoms with E-state index in [0.717, 1.165) is 13.1 Å². The fraction of sp³-hybridized carbons (Fsp3) is 0.316. The standard InChI is InChI=1S/C19H19N5O5/c1-12(25)15-10-13-4-3-5-14(17(13)28-15)29-19-16(24(26)27)18(20-11-21-19)23-8-6-22(2)7-9-23/h3-5,10-11H,6-9H2,1-2H3. The number of hydrogen-bond acceptors (Lipinski definition) is 9. The number of rotatable bonds is 5. The number of piperazine rings is 1. The quantitative estimate of drug-likeness (QED) is 0.364. The minimum Gasteiger partial charge on any atom is -0.449 e. The van der Waals surface area contributed by atoms with E-state index in [2.05, 4.69) is 14.9 Å². The normalized spacial score (nSPS) is 14.9. The van der Waals surface area contributed by atoms with E-state index in [0.29, 0.717) is 24.1 Å². The Bertz CT molecular complexity index is 1090. The van der Waals surface area contributed by atoms with Crippen LogP contribution in [-0.4, -0.2) is 58.8 Å². The van der Waals surface area contributed by atoms with Crippen molar-refractivity contribution in [1.82, 2.24) is 14.9 Å². The molecule has 0 saturated carbocycles. The lowest BCUT2D eigenvalue weighted by atomic mass is 10.2. The number of carbonyl (C=O) groups excluding carboxylic acids is 1. The van der Waals surface area contributed by atoms with Gasteiger partial charge in [0.05, 0.1) is 4.92 Å². The zero-order valence-corrected chi connectivity index (χ0v) is 16.0. The largest absolute Gasteiger partial charge is 0.449 e. The summed E-state index contributed by atoms with van der Waals surface area (Å²) < 4.78 is 11.4. The molecule has 10 heteroatoms. The molecule has 0 bridgehead atoms. The molecule has 0 aliphatic carbocycles. The van der Waals surface area contributed by atoms with Crippen LogP contribution in [-0.2, 0) is 0 Å². The van der Waals surface area contributed by atoms with Crippen LogP contribution in [0.5, 0.6) is 11.6 Å². The number of nitro groups is 1. The van der Waals surface area contributed by atoms with Gasteiger partial charge in [-0.15, -0.1) is 0 Å². The fourth-order valence-electron chi connectivity index (χ4n) is 3.23. The molecule has 0 unspecified atom stereocenters. The number of nitrogens with zero attached hydrogens (tertiary/aromatic N) is 5. The lowest BCUT2D eigenvalue weighted by Crippen LogP contribution is -2.45. The Morgan fingerprint density at radius 2 is 2.00 bits per heavy atom. The van der Waals surface area contributed by atoms with Gasteiger partial charge in [0.25, 0.3) is 0 Å². The summed E-state index contributed by atoms with van der Waals surface area (Å²) in [5.41, 5.74) is 0.0270. The van der Waals surface area contributed by atoms with Crippen molar-refractivity contribution in [2.45, 2.75) is 6.92 Å². The number of aromatic nitrogens is 2. The molecular formula is C19H19N5O5. The van der Waals surface area contributed by atoms with E-state index in [4.69, 9.17) is 9.15 Å². The summed E-state index contributed by atoms with van der Waals surface area (Å²) >= 11 is 0. The van der Waals surface area contributed by atoms with E-state index in [1.165, 1.54) is 13.3 Å². The highest BCUT2D eigenvalue weighted by Crippen LogP contribution is 2.39. The molecular weight excluding hydrogens is 378 g/mol. The summed E-state index contributed by atoms with van der Waals surface area (Å²) in [6, 6.07) is 6.69. The lowest BCUT2D eigenvalue weighted by molar-refractivity contribution is -0.385. The number of fused-ring (bicyclic) bond motifs is 1. The van der Waals surface area contributed by atoms with Crippen molar-refractivity contribution in [2.75, 3.05) is 38.1 Å². The zero-order valence-electron chi connectivity index (χ0n) is 16.0. The van der Waals surface area contributed by atoms with Gasteiger partial charge < -0.3 is 19.0 Å². The molecule has 1 aromatic carbocycles. The topological polar surface area (TPSA) is 115 Å². The summed E-state index contributed by atoms with van der Waals surface area (Å²) in [6.45, 7) is 4.18. The number of benzene rings is 1. The maximum atomic E-state index is 11.8. The Balaban J connectivity index is 1.74. The Labute approximate surface area is 165 Å². The molecule has 150 valence electrons. The number of carbonyl (C=O) groups is 1. The number of anilines is 1. The van der Waals surface area contributed by atoms with E-state index >= 15 is 0 Å². The van der Waals surface area contributed by atoms with Gasteiger partial charge in [-0.3, -0.25) is 14.9 Å². The predicted octanol–water partition coefficient (Wildman–Crippen LogP) is 2.88. The van der Waals surface area contributed by atoms with Gasteiger partial charge in [0.15, 0.2) is 22.9 Å². The van der Waals surface area contributed by atoms with Crippen molar-refractivity contribution in [3.63, 3.8) is 0 Å². The minimum absolute atomic E-state index is 0.174. The van der Waals surface area contributed by atoms with Crippen molar-refractivity contribution in [1.29, 1.82) is 0 Å². The molecule has 0 atom stereocenters. The number of ether oxygens (including phenoxy) is 1. The van der Waals surface area contributed by atoms with Crippen LogP contribution in [0.1, 0.15) is 17.5 Å². The third-order valence-corrected chi connectivity index (χ3v) is 4.82. The van der Waals surface area contributed by atoms with Crippen LogP contribution in [0.4, 0.5) is 11.5 Å². The lowest BCUT2D eigenvalue weighted by Gasteiger charge is -2.32. The molecule has 3 heterocycles. The summed E-state index contributed by atoms with van der Waals surface area (Å²) in [7, 11) is 2.00. The third kappa shape index (κ3) is 3.61. The average molecular weight is 397 g/mol. The molecule has 29 heavy (non-hydrogen) atoms. The predicted molar refractivity (Wildman–Crippen MR) is 105 cm³/mol. The highest BCUT2D eigenvalue weighted by atomic mass is 16.6. The van der Waals surface area contributed by atoms with Crippen molar-refractivity contribution in [3.05, 3.63) is 46.5 Å². The number of likely N-dealkylation sites (N-methyl/N-ethyl adjacent to an activating group) is 1. The second-order valence-electron chi connectivity index (χ2n) is 6.84. The highest BCUT2D eigenvalue weighted by Gasteiger charge is 2.30. The highest BCUT2D eigenvalue weighted by molar-refractivity contribution is 5.97. The fourth-order valence-corrected chi connectivity index (χ4v) is 3.23. The van der Waals surface area contributed by atoms with E-state index in [9.17, 15) is 14.9 Å². The number of para-hydroxylation sites is 1. The molecule has 1 fully saturated rings. The number of furan rings is 1. The Morgan fingerprint density at radius 3 is 2.69 bits per heavy atom. The van der Waals surface area contributed by atoms with Gasteiger partial charge in [-0.25, -0.2) is 4.98 Å². The van der Waals surface area contributed by atoms with Crippen LogP contribution in [0, 0.1) is 10.1 Å². The van der Waals surface area contributed by atoms with Crippen molar-refractivity contribution >= 4 is 28.3 Å². The summed E-state index contributed by atoms with van der Waals surface area (Å²) in [5.74, 6) is 0.251. The molecule has 1 aliphatic rings. The van der Waals surface area contributed by atoms with Crippen molar-refractivity contribution < 1.29 is 18.9 Å². The molecule has 1 aliphatic heterocycles. The van der Waals surface area contributed by atoms with Gasteiger partial charge in [0.2, 0.25) is 5.82 Å². The van der Waals surface area contributed by atoms with Crippen LogP contribution in [0.15, 0.2) is 35.0 Å². The number of hydrogen-bond donors (Lipinski definition) is 0. The monoisotopic (exact) mass is 397 g/mol. The van der Waals surface area contributed by atoms with Crippen LogP contribution in [0.2, 0.25) is 0 Å². The number of Topliss-reactive ketones (excluding diaryl/α,β-unsaturated/α-hetero) is 1. The summed E-state index contributed by atoms with van der Waals surface area (Å²) in [6.07, 6.45) is 1.25. The first kappa shape index (κ1) is 18.8. The molecule has 10 nitrogen and oxygen atoms in total. The van der Waals surface area contributed by atoms with E-state index in [-0.39, 0.29) is 34.7 Å².